The summed E-state index contributed by atoms with van der Waals surface area (Å²) in [5, 5.41) is 3.38. The summed E-state index contributed by atoms with van der Waals surface area (Å²) in [5.41, 5.74) is 10.7. The Balaban J connectivity index is 1.45. The van der Waals surface area contributed by atoms with Crippen LogP contribution in [0.5, 0.6) is 0 Å². The van der Waals surface area contributed by atoms with Crippen LogP contribution in [0.3, 0.4) is 0 Å². The van der Waals surface area contributed by atoms with Crippen molar-refractivity contribution in [2.45, 2.75) is 19.3 Å². The average Bonchev–Trinajstić information content (AvgIpc) is 3.62. The predicted molar refractivity (Wildman–Crippen MR) is 167 cm³/mol. The summed E-state index contributed by atoms with van der Waals surface area (Å²) in [6.07, 6.45) is 0. The Morgan fingerprint density at radius 3 is 2.22 bits per heavy atom. The summed E-state index contributed by atoms with van der Waals surface area (Å²) in [5.74, 6) is 1.43. The minimum absolute atomic E-state index is 0.114. The number of fused-ring (bicyclic) bond motifs is 9. The molecule has 0 amide bonds. The van der Waals surface area contributed by atoms with Gasteiger partial charge in [-0.2, -0.15) is 0 Å². The summed E-state index contributed by atoms with van der Waals surface area (Å²) < 4.78 is 8.82. The first-order valence-electron chi connectivity index (χ1n) is 14.0. The van der Waals surface area contributed by atoms with Gasteiger partial charge in [-0.3, -0.25) is 4.57 Å². The van der Waals surface area contributed by atoms with E-state index >= 15 is 0 Å². The molecule has 0 spiro atoms. The zero-order valence-electron chi connectivity index (χ0n) is 22.7. The highest BCUT2D eigenvalue weighted by atomic mass is 16.3. The molecule has 1 aliphatic rings. The van der Waals surface area contributed by atoms with Gasteiger partial charge in [0.05, 0.1) is 11.0 Å². The zero-order chi connectivity index (χ0) is 27.3. The van der Waals surface area contributed by atoms with Crippen molar-refractivity contribution < 1.29 is 4.42 Å². The summed E-state index contributed by atoms with van der Waals surface area (Å²) in [6, 6.07) is 40.5. The minimum atomic E-state index is -0.114. The van der Waals surface area contributed by atoms with Crippen LogP contribution in [-0.4, -0.2) is 14.5 Å². The zero-order valence-corrected chi connectivity index (χ0v) is 22.7. The number of rotatable bonds is 2. The van der Waals surface area contributed by atoms with Crippen molar-refractivity contribution in [1.82, 2.24) is 14.5 Å². The van der Waals surface area contributed by atoms with E-state index in [2.05, 4.69) is 97.3 Å². The van der Waals surface area contributed by atoms with Gasteiger partial charge in [0.2, 0.25) is 0 Å². The van der Waals surface area contributed by atoms with Crippen LogP contribution in [0.25, 0.3) is 72.2 Å². The lowest BCUT2D eigenvalue weighted by Gasteiger charge is -2.21. The van der Waals surface area contributed by atoms with Crippen molar-refractivity contribution in [3.05, 3.63) is 126 Å². The highest BCUT2D eigenvalue weighted by molar-refractivity contribution is 6.13. The van der Waals surface area contributed by atoms with Crippen LogP contribution in [0.15, 0.2) is 120 Å². The molecular formula is C37H25N3O. The molecule has 3 heterocycles. The first-order valence-corrected chi connectivity index (χ1v) is 14.0. The molecule has 4 heteroatoms. The molecule has 41 heavy (non-hydrogen) atoms. The molecule has 0 unspecified atom stereocenters. The Morgan fingerprint density at radius 2 is 1.34 bits per heavy atom. The molecule has 0 saturated carbocycles. The van der Waals surface area contributed by atoms with Crippen molar-refractivity contribution >= 4 is 43.9 Å². The predicted octanol–water partition coefficient (Wildman–Crippen LogP) is 9.45. The van der Waals surface area contributed by atoms with Crippen LogP contribution in [0, 0.1) is 0 Å². The Morgan fingerprint density at radius 1 is 0.610 bits per heavy atom. The van der Waals surface area contributed by atoms with Gasteiger partial charge >= 0.3 is 0 Å². The number of nitrogens with zero attached hydrogens (tertiary/aromatic N) is 3. The highest BCUT2D eigenvalue weighted by Gasteiger charge is 2.36. The summed E-state index contributed by atoms with van der Waals surface area (Å²) >= 11 is 0. The van der Waals surface area contributed by atoms with Crippen molar-refractivity contribution in [1.29, 1.82) is 0 Å². The highest BCUT2D eigenvalue weighted by Crippen LogP contribution is 2.51. The Kier molecular flexibility index (Phi) is 4.36. The van der Waals surface area contributed by atoms with Crippen LogP contribution in [0.4, 0.5) is 0 Å². The van der Waals surface area contributed by atoms with E-state index in [1.54, 1.807) is 0 Å². The van der Waals surface area contributed by atoms with Crippen molar-refractivity contribution in [2.75, 3.05) is 0 Å². The van der Waals surface area contributed by atoms with E-state index in [4.69, 9.17) is 14.4 Å². The van der Waals surface area contributed by atoms with Gasteiger partial charge in [0, 0.05) is 27.1 Å². The minimum Gasteiger partial charge on any atom is -0.450 e. The van der Waals surface area contributed by atoms with Gasteiger partial charge in [0.1, 0.15) is 11.1 Å². The fourth-order valence-electron chi connectivity index (χ4n) is 6.84. The number of hydrogen-bond donors (Lipinski definition) is 0. The number of aromatic nitrogens is 3. The first kappa shape index (κ1) is 22.6. The average molecular weight is 528 g/mol. The molecule has 5 aromatic carbocycles. The fourth-order valence-corrected chi connectivity index (χ4v) is 6.84. The maximum atomic E-state index is 6.53. The summed E-state index contributed by atoms with van der Waals surface area (Å²) in [6.45, 7) is 4.65. The lowest BCUT2D eigenvalue weighted by Crippen LogP contribution is -2.15. The molecule has 0 N–H and O–H groups in total. The SMILES string of the molecule is CC1(C)c2ccccc2-c2cc3c4ccccc4n(-c4nc(-c5ccccc5)nc5c4oc4ccccc45)c3cc21. The van der Waals surface area contributed by atoms with E-state index in [0.717, 1.165) is 38.9 Å². The van der Waals surface area contributed by atoms with Crippen LogP contribution < -0.4 is 0 Å². The van der Waals surface area contributed by atoms with Gasteiger partial charge < -0.3 is 4.42 Å². The number of benzene rings is 5. The number of para-hydroxylation sites is 2. The largest absolute Gasteiger partial charge is 0.450 e. The molecule has 194 valence electrons. The third-order valence-electron chi connectivity index (χ3n) is 8.82. The topological polar surface area (TPSA) is 43.9 Å². The third-order valence-corrected chi connectivity index (χ3v) is 8.82. The van der Waals surface area contributed by atoms with E-state index in [0.29, 0.717) is 11.4 Å². The Labute approximate surface area is 236 Å². The monoisotopic (exact) mass is 527 g/mol. The van der Waals surface area contributed by atoms with Gasteiger partial charge in [0.15, 0.2) is 17.2 Å². The van der Waals surface area contributed by atoms with Gasteiger partial charge in [0.25, 0.3) is 0 Å². The molecule has 9 rings (SSSR count). The lowest BCUT2D eigenvalue weighted by molar-refractivity contribution is 0.660. The molecule has 3 aromatic heterocycles. The normalized spacial score (nSPS) is 13.8. The van der Waals surface area contributed by atoms with E-state index in [9.17, 15) is 0 Å². The maximum Gasteiger partial charge on any atom is 0.197 e. The first-order chi connectivity index (χ1) is 20.1. The maximum absolute atomic E-state index is 6.53. The van der Waals surface area contributed by atoms with Crippen LogP contribution >= 0.6 is 0 Å². The lowest BCUT2D eigenvalue weighted by atomic mass is 9.82. The van der Waals surface area contributed by atoms with E-state index < -0.39 is 0 Å². The molecule has 4 nitrogen and oxygen atoms in total. The fraction of sp³-hybridized carbons (Fsp3) is 0.0811. The van der Waals surface area contributed by atoms with Crippen molar-refractivity contribution in [3.8, 4) is 28.3 Å². The molecule has 0 fully saturated rings. The second kappa shape index (κ2) is 7.92. The summed E-state index contributed by atoms with van der Waals surface area (Å²) in [7, 11) is 0. The summed E-state index contributed by atoms with van der Waals surface area (Å²) in [4.78, 5) is 10.3. The second-order valence-electron chi connectivity index (χ2n) is 11.5. The Hall–Kier alpha value is -5.22. The number of hydrogen-bond acceptors (Lipinski definition) is 3. The van der Waals surface area contributed by atoms with Crippen LogP contribution in [0.1, 0.15) is 25.0 Å². The van der Waals surface area contributed by atoms with E-state index in [1.807, 2.05) is 36.4 Å². The standard InChI is InChI=1S/C37H25N3O/c1-37(2)28-17-9-6-14-23(28)26-20-27-24-15-7-10-18-30(24)40(31(27)21-29(26)37)36-34-33(25-16-8-11-19-32(25)41-34)38-35(39-36)22-12-4-3-5-13-22/h3-21H,1-2H3. The molecule has 0 bridgehead atoms. The Bertz CT molecular complexity index is 2340. The molecule has 0 saturated heterocycles. The van der Waals surface area contributed by atoms with E-state index in [-0.39, 0.29) is 5.41 Å². The smallest absolute Gasteiger partial charge is 0.197 e. The van der Waals surface area contributed by atoms with Gasteiger partial charge in [-0.1, -0.05) is 98.8 Å². The van der Waals surface area contributed by atoms with Crippen LogP contribution in [0.2, 0.25) is 0 Å². The molecule has 0 radical (unpaired) electrons. The molecule has 0 aliphatic heterocycles. The van der Waals surface area contributed by atoms with Crippen molar-refractivity contribution in [2.24, 2.45) is 0 Å². The third kappa shape index (κ3) is 2.99. The molecular weight excluding hydrogens is 502 g/mol. The van der Waals surface area contributed by atoms with Crippen LogP contribution in [-0.2, 0) is 5.41 Å². The van der Waals surface area contributed by atoms with Gasteiger partial charge in [-0.05, 0) is 52.6 Å². The second-order valence-corrected chi connectivity index (χ2v) is 11.5. The molecule has 1 aliphatic carbocycles. The van der Waals surface area contributed by atoms with Gasteiger partial charge in [-0.15, -0.1) is 0 Å². The van der Waals surface area contributed by atoms with Crippen molar-refractivity contribution in [3.63, 3.8) is 0 Å². The molecule has 8 aromatic rings. The van der Waals surface area contributed by atoms with Gasteiger partial charge in [-0.25, -0.2) is 9.97 Å². The van der Waals surface area contributed by atoms with E-state index in [1.165, 1.54) is 33.0 Å². The quantitative estimate of drug-likeness (QED) is 0.225. The molecule has 0 atom stereocenters. The number of furan rings is 1.